The van der Waals surface area contributed by atoms with Gasteiger partial charge in [0.25, 0.3) is 5.91 Å². The van der Waals surface area contributed by atoms with Crippen molar-refractivity contribution in [1.29, 1.82) is 0 Å². The second-order valence-corrected chi connectivity index (χ2v) is 8.35. The molecule has 144 valence electrons. The summed E-state index contributed by atoms with van der Waals surface area (Å²) in [5.74, 6) is 0.729. The Balaban J connectivity index is 1.49. The van der Waals surface area contributed by atoms with E-state index < -0.39 is 0 Å². The third kappa shape index (κ3) is 5.35. The fourth-order valence-corrected chi connectivity index (χ4v) is 4.09. The van der Waals surface area contributed by atoms with Crippen LogP contribution in [0, 0.1) is 0 Å². The maximum Gasteiger partial charge on any atom is 0.258 e. The van der Waals surface area contributed by atoms with Gasteiger partial charge >= 0.3 is 0 Å². The molecule has 3 nitrogen and oxygen atoms in total. The number of benzene rings is 2. The summed E-state index contributed by atoms with van der Waals surface area (Å²) < 4.78 is 5.74. The number of rotatable bonds is 7. The normalized spacial score (nSPS) is 14.9. The number of nitrogens with one attached hydrogen (secondary N) is 1. The summed E-state index contributed by atoms with van der Waals surface area (Å²) >= 11 is 0. The third-order valence-corrected chi connectivity index (χ3v) is 5.47. The molecule has 0 bridgehead atoms. The number of ether oxygens (including phenoxy) is 1. The van der Waals surface area contributed by atoms with Gasteiger partial charge in [-0.1, -0.05) is 50.2 Å². The summed E-state index contributed by atoms with van der Waals surface area (Å²) in [6.07, 6.45) is 5.66. The van der Waals surface area contributed by atoms with Crippen LogP contribution in [-0.2, 0) is 23.1 Å². The van der Waals surface area contributed by atoms with Crippen molar-refractivity contribution in [3.8, 4) is 5.75 Å². The number of fused-ring (bicyclic) bond motifs is 1. The number of hydrogen-bond acceptors (Lipinski definition) is 2. The van der Waals surface area contributed by atoms with Crippen LogP contribution in [0.25, 0.3) is 0 Å². The topological polar surface area (TPSA) is 38.3 Å². The first-order valence-corrected chi connectivity index (χ1v) is 10.0. The number of amides is 1. The van der Waals surface area contributed by atoms with Crippen molar-refractivity contribution in [3.05, 3.63) is 65.2 Å². The maximum absolute atomic E-state index is 12.3. The van der Waals surface area contributed by atoms with Crippen LogP contribution in [0.1, 0.15) is 56.7 Å². The van der Waals surface area contributed by atoms with E-state index in [0.29, 0.717) is 0 Å². The zero-order valence-electron chi connectivity index (χ0n) is 16.8. The molecule has 1 atom stereocenters. The zero-order chi connectivity index (χ0) is 19.3. The molecule has 3 heteroatoms. The van der Waals surface area contributed by atoms with Crippen LogP contribution in [0.3, 0.4) is 0 Å². The van der Waals surface area contributed by atoms with Gasteiger partial charge in [0.1, 0.15) is 5.75 Å². The molecule has 2 aromatic carbocycles. The van der Waals surface area contributed by atoms with Gasteiger partial charge in [-0.05, 0) is 73.3 Å². The lowest BCUT2D eigenvalue weighted by Gasteiger charge is -2.29. The summed E-state index contributed by atoms with van der Waals surface area (Å²) in [6.45, 7) is 6.56. The summed E-state index contributed by atoms with van der Waals surface area (Å²) in [5.41, 5.74) is 4.09. The van der Waals surface area contributed by atoms with Gasteiger partial charge in [-0.2, -0.15) is 0 Å². The average Bonchev–Trinajstić information content (AvgIpc) is 2.66. The highest BCUT2D eigenvalue weighted by molar-refractivity contribution is 5.77. The highest BCUT2D eigenvalue weighted by Gasteiger charge is 2.24. The summed E-state index contributed by atoms with van der Waals surface area (Å²) in [5, 5.41) is 3.07. The maximum atomic E-state index is 12.3. The van der Waals surface area contributed by atoms with E-state index in [1.165, 1.54) is 29.5 Å². The molecule has 3 rings (SSSR count). The Morgan fingerprint density at radius 2 is 1.78 bits per heavy atom. The molecular formula is C24H31NO2. The summed E-state index contributed by atoms with van der Waals surface area (Å²) in [7, 11) is 0. The van der Waals surface area contributed by atoms with Gasteiger partial charge in [-0.15, -0.1) is 0 Å². The summed E-state index contributed by atoms with van der Waals surface area (Å²) in [4.78, 5) is 12.3. The Hall–Kier alpha value is -2.29. The molecule has 1 aliphatic rings. The van der Waals surface area contributed by atoms with Gasteiger partial charge in [0.2, 0.25) is 0 Å². The molecule has 0 saturated heterocycles. The van der Waals surface area contributed by atoms with E-state index in [9.17, 15) is 4.79 Å². The first kappa shape index (κ1) is 19.5. The molecule has 0 unspecified atom stereocenters. The minimum Gasteiger partial charge on any atom is -0.484 e. The Labute approximate surface area is 163 Å². The Bertz CT molecular complexity index is 767. The largest absolute Gasteiger partial charge is 0.484 e. The standard InChI is InChI=1S/C24H31NO2/c1-18(16-24(2,3)21-11-5-4-6-12-21)25-23(26)17-27-22-14-13-19-9-7-8-10-20(19)15-22/h4-6,11-15,18H,7-10,16-17H2,1-3H3,(H,25,26)/t18-/m1/s1. The molecule has 0 spiro atoms. The lowest BCUT2D eigenvalue weighted by atomic mass is 9.79. The van der Waals surface area contributed by atoms with Crippen molar-refractivity contribution in [3.63, 3.8) is 0 Å². The predicted molar refractivity (Wildman–Crippen MR) is 110 cm³/mol. The molecule has 1 N–H and O–H groups in total. The number of aryl methyl sites for hydroxylation is 2. The van der Waals surface area contributed by atoms with Crippen LogP contribution in [0.4, 0.5) is 0 Å². The third-order valence-electron chi connectivity index (χ3n) is 5.47. The number of hydrogen-bond donors (Lipinski definition) is 1. The summed E-state index contributed by atoms with van der Waals surface area (Å²) in [6, 6.07) is 16.8. The van der Waals surface area contributed by atoms with E-state index in [1.54, 1.807) is 0 Å². The first-order valence-electron chi connectivity index (χ1n) is 10.0. The van der Waals surface area contributed by atoms with Crippen molar-refractivity contribution < 1.29 is 9.53 Å². The molecule has 0 fully saturated rings. The molecule has 2 aromatic rings. The molecular weight excluding hydrogens is 334 g/mol. The molecule has 27 heavy (non-hydrogen) atoms. The van der Waals surface area contributed by atoms with Crippen molar-refractivity contribution in [2.24, 2.45) is 0 Å². The molecule has 0 saturated carbocycles. The fraction of sp³-hybridized carbons (Fsp3) is 0.458. The minimum absolute atomic E-state index is 0.00725. The quantitative estimate of drug-likeness (QED) is 0.764. The van der Waals surface area contributed by atoms with Gasteiger partial charge in [0.15, 0.2) is 6.61 Å². The highest BCUT2D eigenvalue weighted by Crippen LogP contribution is 2.28. The van der Waals surface area contributed by atoms with E-state index in [1.807, 2.05) is 12.1 Å². The minimum atomic E-state index is -0.0657. The molecule has 1 amide bonds. The smallest absolute Gasteiger partial charge is 0.258 e. The van der Waals surface area contributed by atoms with Gasteiger partial charge in [-0.3, -0.25) is 4.79 Å². The molecule has 0 heterocycles. The Kier molecular flexibility index (Phi) is 6.20. The predicted octanol–water partition coefficient (Wildman–Crippen LogP) is 4.82. The molecule has 0 aromatic heterocycles. The second-order valence-electron chi connectivity index (χ2n) is 8.35. The van der Waals surface area contributed by atoms with Crippen molar-refractivity contribution in [2.75, 3.05) is 6.61 Å². The van der Waals surface area contributed by atoms with Gasteiger partial charge < -0.3 is 10.1 Å². The van der Waals surface area contributed by atoms with Crippen LogP contribution < -0.4 is 10.1 Å². The fourth-order valence-electron chi connectivity index (χ4n) is 4.09. The Morgan fingerprint density at radius 3 is 2.52 bits per heavy atom. The average molecular weight is 366 g/mol. The van der Waals surface area contributed by atoms with Gasteiger partial charge in [0.05, 0.1) is 0 Å². The van der Waals surface area contributed by atoms with Crippen LogP contribution in [0.5, 0.6) is 5.75 Å². The van der Waals surface area contributed by atoms with Crippen molar-refractivity contribution in [1.82, 2.24) is 5.32 Å². The van der Waals surface area contributed by atoms with E-state index in [2.05, 4.69) is 62.5 Å². The highest BCUT2D eigenvalue weighted by atomic mass is 16.5. The molecule has 0 aliphatic heterocycles. The lowest BCUT2D eigenvalue weighted by Crippen LogP contribution is -2.39. The first-order chi connectivity index (χ1) is 12.9. The monoisotopic (exact) mass is 365 g/mol. The van der Waals surface area contributed by atoms with Crippen LogP contribution >= 0.6 is 0 Å². The molecule has 0 radical (unpaired) electrons. The van der Waals surface area contributed by atoms with E-state index in [-0.39, 0.29) is 24.0 Å². The van der Waals surface area contributed by atoms with E-state index >= 15 is 0 Å². The van der Waals surface area contributed by atoms with Gasteiger partial charge in [-0.25, -0.2) is 0 Å². The Morgan fingerprint density at radius 1 is 1.07 bits per heavy atom. The van der Waals surface area contributed by atoms with E-state index in [4.69, 9.17) is 4.74 Å². The second kappa shape index (κ2) is 8.60. The SMILES string of the molecule is C[C@H](CC(C)(C)c1ccccc1)NC(=O)COc1ccc2c(c1)CCCC2. The number of carbonyl (C=O) groups excluding carboxylic acids is 1. The van der Waals surface area contributed by atoms with Gasteiger partial charge in [0, 0.05) is 6.04 Å². The van der Waals surface area contributed by atoms with Crippen molar-refractivity contribution >= 4 is 5.91 Å². The van der Waals surface area contributed by atoms with Crippen LogP contribution in [-0.4, -0.2) is 18.6 Å². The number of carbonyl (C=O) groups is 1. The van der Waals surface area contributed by atoms with Crippen molar-refractivity contribution in [2.45, 2.75) is 64.3 Å². The van der Waals surface area contributed by atoms with Crippen LogP contribution in [0.15, 0.2) is 48.5 Å². The molecule has 1 aliphatic carbocycles. The lowest BCUT2D eigenvalue weighted by molar-refractivity contribution is -0.123. The zero-order valence-corrected chi connectivity index (χ0v) is 16.8. The van der Waals surface area contributed by atoms with E-state index in [0.717, 1.165) is 25.0 Å². The van der Waals surface area contributed by atoms with Crippen LogP contribution in [0.2, 0.25) is 0 Å².